The van der Waals surface area contributed by atoms with Gasteiger partial charge in [-0.05, 0) is 20.8 Å². The Labute approximate surface area is 139 Å². The van der Waals surface area contributed by atoms with Gasteiger partial charge in [-0.2, -0.15) is 26.4 Å². The van der Waals surface area contributed by atoms with Gasteiger partial charge in [0.2, 0.25) is 0 Å². The van der Waals surface area contributed by atoms with Crippen LogP contribution in [0.1, 0.15) is 41.0 Å². The number of quaternary nitrogens is 1. The lowest BCUT2D eigenvalue weighted by molar-refractivity contribution is -1.13. The van der Waals surface area contributed by atoms with E-state index in [1.807, 2.05) is 0 Å². The molecule has 0 spiro atoms. The maximum atomic E-state index is 12.5. The maximum absolute atomic E-state index is 12.5. The molecule has 0 amide bonds. The third-order valence-electron chi connectivity index (χ3n) is 4.29. The summed E-state index contributed by atoms with van der Waals surface area (Å²) in [7, 11) is -5.73. The van der Waals surface area contributed by atoms with Crippen molar-refractivity contribution < 1.29 is 45.2 Å². The molecule has 1 fully saturated rings. The molecule has 1 aliphatic heterocycles. The molecule has 0 aromatic heterocycles. The molecule has 1 rings (SSSR count). The predicted molar refractivity (Wildman–Crippen MR) is 77.1 cm³/mol. The van der Waals surface area contributed by atoms with Crippen molar-refractivity contribution in [2.75, 3.05) is 13.1 Å². The number of piperidine rings is 1. The van der Waals surface area contributed by atoms with E-state index in [2.05, 4.69) is 4.18 Å². The highest BCUT2D eigenvalue weighted by molar-refractivity contribution is 7.87. The predicted octanol–water partition coefficient (Wildman–Crippen LogP) is 2.88. The fourth-order valence-electron chi connectivity index (χ4n) is 2.88. The molecule has 0 bridgehead atoms. The van der Waals surface area contributed by atoms with Crippen molar-refractivity contribution in [1.82, 2.24) is 0 Å². The lowest BCUT2D eigenvalue weighted by atomic mass is 9.79. The minimum Gasteiger partial charge on any atom is -0.446 e. The van der Waals surface area contributed by atoms with Crippen molar-refractivity contribution in [1.29, 1.82) is 0 Å². The summed E-state index contributed by atoms with van der Waals surface area (Å²) in [5, 5.41) is 9.01. The van der Waals surface area contributed by atoms with Gasteiger partial charge in [-0.15, -0.1) is 4.65 Å². The van der Waals surface area contributed by atoms with Crippen LogP contribution in [0, 0.1) is 5.41 Å². The molecule has 7 nitrogen and oxygen atoms in total. The summed E-state index contributed by atoms with van der Waals surface area (Å²) < 4.78 is 64.2. The van der Waals surface area contributed by atoms with E-state index >= 15 is 0 Å². The van der Waals surface area contributed by atoms with Gasteiger partial charge in [0.15, 0.2) is 0 Å². The third kappa shape index (κ3) is 4.12. The van der Waals surface area contributed by atoms with E-state index in [0.29, 0.717) is 0 Å². The number of carbonyl (C=O) groups is 1. The van der Waals surface area contributed by atoms with Gasteiger partial charge in [0, 0.05) is 11.8 Å². The van der Waals surface area contributed by atoms with Crippen LogP contribution in [0.5, 0.6) is 0 Å². The molecule has 0 aromatic carbocycles. The molecule has 1 heterocycles. The molecule has 0 radical (unpaired) electrons. The van der Waals surface area contributed by atoms with Gasteiger partial charge in [0.25, 0.3) is 0 Å². The van der Waals surface area contributed by atoms with Gasteiger partial charge in [0.1, 0.15) is 18.6 Å². The second-order valence-corrected chi connectivity index (χ2v) is 9.12. The Morgan fingerprint density at radius 1 is 1.25 bits per heavy atom. The number of hydroxylamine groups is 3. The molecule has 1 N–H and O–H groups in total. The van der Waals surface area contributed by atoms with Crippen LogP contribution in [0.3, 0.4) is 0 Å². The number of halogens is 3. The molecule has 2 unspecified atom stereocenters. The second kappa shape index (κ2) is 6.03. The normalized spacial score (nSPS) is 28.4. The standard InChI is InChI=1S/C13H22F3NO6S/c1-11(2,3)17(22-10(18)19)7-6-9(12(4,5)8-17)23-24(20,21)13(14,15)16/h9H,6-8H2,1-5H3/p+1. The van der Waals surface area contributed by atoms with Crippen LogP contribution in [0.15, 0.2) is 0 Å². The first kappa shape index (κ1) is 21.0. The monoisotopic (exact) mass is 378 g/mol. The highest BCUT2D eigenvalue weighted by Gasteiger charge is 2.58. The van der Waals surface area contributed by atoms with E-state index < -0.39 is 38.8 Å². The Balaban J connectivity index is 3.12. The van der Waals surface area contributed by atoms with Crippen LogP contribution >= 0.6 is 0 Å². The van der Waals surface area contributed by atoms with Gasteiger partial charge >= 0.3 is 21.8 Å². The van der Waals surface area contributed by atoms with Crippen molar-refractivity contribution in [3.8, 4) is 0 Å². The summed E-state index contributed by atoms with van der Waals surface area (Å²) in [5.74, 6) is 0. The van der Waals surface area contributed by atoms with Crippen LogP contribution in [0.4, 0.5) is 18.0 Å². The zero-order valence-electron chi connectivity index (χ0n) is 14.2. The van der Waals surface area contributed by atoms with Crippen LogP contribution in [-0.4, -0.2) is 54.6 Å². The van der Waals surface area contributed by atoms with Crippen LogP contribution < -0.4 is 0 Å². The average Bonchev–Trinajstić information content (AvgIpc) is 2.28. The molecule has 1 saturated heterocycles. The van der Waals surface area contributed by atoms with E-state index in [-0.39, 0.29) is 24.2 Å². The summed E-state index contributed by atoms with van der Waals surface area (Å²) in [6.07, 6.45) is -2.86. The Morgan fingerprint density at radius 3 is 2.08 bits per heavy atom. The van der Waals surface area contributed by atoms with E-state index in [4.69, 9.17) is 9.94 Å². The van der Waals surface area contributed by atoms with Gasteiger partial charge < -0.3 is 5.11 Å². The lowest BCUT2D eigenvalue weighted by Gasteiger charge is -2.52. The largest absolute Gasteiger partial charge is 0.557 e. The minimum atomic E-state index is -5.73. The number of nitrogens with zero attached hydrogens (tertiary/aromatic N) is 1. The molecule has 142 valence electrons. The highest BCUT2D eigenvalue weighted by atomic mass is 32.2. The first-order valence-corrected chi connectivity index (χ1v) is 8.64. The molecule has 0 saturated carbocycles. The van der Waals surface area contributed by atoms with Crippen LogP contribution in [-0.2, 0) is 19.1 Å². The number of alkyl halides is 3. The summed E-state index contributed by atoms with van der Waals surface area (Å²) >= 11 is 0. The minimum absolute atomic E-state index is 0.00270. The van der Waals surface area contributed by atoms with E-state index in [0.717, 1.165) is 0 Å². The average molecular weight is 378 g/mol. The van der Waals surface area contributed by atoms with E-state index in [1.165, 1.54) is 13.8 Å². The smallest absolute Gasteiger partial charge is 0.446 e. The van der Waals surface area contributed by atoms with E-state index in [9.17, 15) is 26.4 Å². The number of carboxylic acid groups (broad SMARTS) is 1. The molecule has 0 aliphatic carbocycles. The van der Waals surface area contributed by atoms with Crippen molar-refractivity contribution in [3.05, 3.63) is 0 Å². The fraction of sp³-hybridized carbons (Fsp3) is 0.923. The summed E-state index contributed by atoms with van der Waals surface area (Å²) in [5.41, 5.74) is -7.27. The third-order valence-corrected chi connectivity index (χ3v) is 5.34. The number of hydrogen-bond acceptors (Lipinski definition) is 5. The zero-order chi connectivity index (χ0) is 19.2. The number of likely N-dealkylation sites (tertiary alicyclic amines) is 1. The van der Waals surface area contributed by atoms with Gasteiger partial charge in [-0.1, -0.05) is 13.8 Å². The zero-order valence-corrected chi connectivity index (χ0v) is 15.0. The number of rotatable bonds is 3. The maximum Gasteiger partial charge on any atom is 0.557 e. The van der Waals surface area contributed by atoms with Crippen molar-refractivity contribution in [2.24, 2.45) is 5.41 Å². The first-order chi connectivity index (χ1) is 10.4. The van der Waals surface area contributed by atoms with Crippen molar-refractivity contribution in [2.45, 2.75) is 58.2 Å². The van der Waals surface area contributed by atoms with Gasteiger partial charge in [-0.25, -0.2) is 4.84 Å². The molecule has 24 heavy (non-hydrogen) atoms. The SMILES string of the molecule is CC1(C)C[N+](OC(=O)O)(C(C)(C)C)CCC1OS(=O)(=O)C(F)(F)F. The molecule has 11 heteroatoms. The Kier molecular flexibility index (Phi) is 5.27. The topological polar surface area (TPSA) is 89.9 Å². The van der Waals surface area contributed by atoms with E-state index in [1.54, 1.807) is 20.8 Å². The van der Waals surface area contributed by atoms with Crippen molar-refractivity contribution >= 4 is 16.3 Å². The second-order valence-electron chi connectivity index (χ2n) is 7.56. The Hall–Kier alpha value is -1.07. The van der Waals surface area contributed by atoms with Crippen LogP contribution in [0.25, 0.3) is 0 Å². The Morgan fingerprint density at radius 2 is 1.75 bits per heavy atom. The fourth-order valence-corrected chi connectivity index (χ4v) is 3.65. The number of hydrogen-bond donors (Lipinski definition) is 1. The molecule has 2 atom stereocenters. The van der Waals surface area contributed by atoms with Gasteiger partial charge in [0.05, 0.1) is 6.10 Å². The molecular formula is C13H23F3NO6S+. The summed E-state index contributed by atoms with van der Waals surface area (Å²) in [6, 6.07) is 0. The summed E-state index contributed by atoms with van der Waals surface area (Å²) in [6.45, 7) is 8.22. The molecular weight excluding hydrogens is 355 g/mol. The highest BCUT2D eigenvalue weighted by Crippen LogP contribution is 2.42. The molecule has 0 aromatic rings. The Bertz CT molecular complexity index is 596. The lowest BCUT2D eigenvalue weighted by Crippen LogP contribution is -2.69. The first-order valence-electron chi connectivity index (χ1n) is 7.23. The van der Waals surface area contributed by atoms with Crippen molar-refractivity contribution in [3.63, 3.8) is 0 Å². The molecule has 1 aliphatic rings. The quantitative estimate of drug-likeness (QED) is 0.461. The summed E-state index contributed by atoms with van der Waals surface area (Å²) in [4.78, 5) is 16.1. The van der Waals surface area contributed by atoms with Gasteiger partial charge in [-0.3, -0.25) is 4.18 Å². The van der Waals surface area contributed by atoms with Crippen LogP contribution in [0.2, 0.25) is 0 Å².